The van der Waals surface area contributed by atoms with E-state index in [0.29, 0.717) is 17.9 Å². The van der Waals surface area contributed by atoms with Gasteiger partial charge in [0.25, 0.3) is 5.91 Å². The summed E-state index contributed by atoms with van der Waals surface area (Å²) in [5, 5.41) is 6.89. The maximum atomic E-state index is 13.2. The zero-order chi connectivity index (χ0) is 18.5. The molecule has 0 aliphatic heterocycles. The minimum Gasteiger partial charge on any atom is -0.352 e. The number of rotatable bonds is 6. The monoisotopic (exact) mass is 374 g/mol. The van der Waals surface area contributed by atoms with Gasteiger partial charge in [-0.2, -0.15) is 11.3 Å². The molecule has 0 radical (unpaired) electrons. The van der Waals surface area contributed by atoms with Gasteiger partial charge >= 0.3 is 0 Å². The molecule has 1 aliphatic rings. The highest BCUT2D eigenvalue weighted by atomic mass is 32.1. The minimum absolute atomic E-state index is 0.0332. The molecule has 0 spiro atoms. The minimum atomic E-state index is -0.184. The van der Waals surface area contributed by atoms with Crippen LogP contribution >= 0.6 is 11.3 Å². The van der Waals surface area contributed by atoms with Crippen LogP contribution in [0.3, 0.4) is 0 Å². The van der Waals surface area contributed by atoms with E-state index < -0.39 is 0 Å². The van der Waals surface area contributed by atoms with E-state index in [2.05, 4.69) is 24.3 Å². The number of nitrogens with one attached hydrogen (secondary N) is 1. The number of amides is 1. The van der Waals surface area contributed by atoms with Crippen LogP contribution in [0.5, 0.6) is 0 Å². The van der Waals surface area contributed by atoms with Crippen molar-refractivity contribution in [2.45, 2.75) is 31.7 Å². The van der Waals surface area contributed by atoms with E-state index in [1.807, 2.05) is 29.0 Å². The number of benzene rings is 1. The molecule has 1 atom stereocenters. The second-order valence-electron chi connectivity index (χ2n) is 7.46. The summed E-state index contributed by atoms with van der Waals surface area (Å²) in [4.78, 5) is 14.3. The second kappa shape index (κ2) is 8.78. The standard InChI is InChI=1S/C21H27FN2OS/c1-24(2)20(17-7-9-19(22)10-8-17)16-5-3-15(4-6-16)13-23-21(25)18-11-12-26-14-18/h7-12,14-16,20H,3-6,13H2,1-2H3,(H,23,25). The zero-order valence-electron chi connectivity index (χ0n) is 15.5. The first-order valence-electron chi connectivity index (χ1n) is 9.27. The van der Waals surface area contributed by atoms with E-state index in [1.54, 1.807) is 23.5 Å². The highest BCUT2D eigenvalue weighted by Crippen LogP contribution is 2.39. The molecule has 1 unspecified atom stereocenters. The quantitative estimate of drug-likeness (QED) is 0.793. The first-order valence-corrected chi connectivity index (χ1v) is 10.2. The second-order valence-corrected chi connectivity index (χ2v) is 8.24. The van der Waals surface area contributed by atoms with Crippen molar-refractivity contribution in [3.63, 3.8) is 0 Å². The van der Waals surface area contributed by atoms with Crippen LogP contribution < -0.4 is 5.32 Å². The molecule has 2 aromatic rings. The van der Waals surface area contributed by atoms with Crippen LogP contribution in [-0.2, 0) is 0 Å². The average Bonchev–Trinajstić information content (AvgIpc) is 3.17. The van der Waals surface area contributed by atoms with Crippen molar-refractivity contribution in [1.82, 2.24) is 10.2 Å². The van der Waals surface area contributed by atoms with Gasteiger partial charge in [-0.3, -0.25) is 4.79 Å². The van der Waals surface area contributed by atoms with Crippen LogP contribution in [0.1, 0.15) is 47.6 Å². The molecule has 3 nitrogen and oxygen atoms in total. The van der Waals surface area contributed by atoms with Crippen molar-refractivity contribution in [2.24, 2.45) is 11.8 Å². The fourth-order valence-corrected chi connectivity index (χ4v) is 4.73. The summed E-state index contributed by atoms with van der Waals surface area (Å²) < 4.78 is 13.2. The number of carbonyl (C=O) groups is 1. The topological polar surface area (TPSA) is 32.3 Å². The summed E-state index contributed by atoms with van der Waals surface area (Å²) in [6.45, 7) is 0.755. The van der Waals surface area contributed by atoms with Crippen molar-refractivity contribution < 1.29 is 9.18 Å². The molecule has 1 heterocycles. The Bertz CT molecular complexity index is 691. The van der Waals surface area contributed by atoms with Gasteiger partial charge in [0.15, 0.2) is 0 Å². The predicted octanol–water partition coefficient (Wildman–Crippen LogP) is 4.73. The Labute approximate surface area is 159 Å². The first kappa shape index (κ1) is 19.1. The molecule has 0 bridgehead atoms. The molecular weight excluding hydrogens is 347 g/mol. The molecule has 140 valence electrons. The highest BCUT2D eigenvalue weighted by molar-refractivity contribution is 7.08. The molecule has 1 fully saturated rings. The molecule has 1 amide bonds. The van der Waals surface area contributed by atoms with Crippen molar-refractivity contribution >= 4 is 17.2 Å². The van der Waals surface area contributed by atoms with Gasteiger partial charge in [-0.15, -0.1) is 0 Å². The Morgan fingerprint density at radius 1 is 1.19 bits per heavy atom. The summed E-state index contributed by atoms with van der Waals surface area (Å²) in [7, 11) is 4.20. The van der Waals surface area contributed by atoms with Gasteiger partial charge < -0.3 is 10.2 Å². The Kier molecular flexibility index (Phi) is 6.43. The van der Waals surface area contributed by atoms with E-state index in [0.717, 1.165) is 37.8 Å². The Hall–Kier alpha value is -1.72. The largest absolute Gasteiger partial charge is 0.352 e. The predicted molar refractivity (Wildman–Crippen MR) is 105 cm³/mol. The van der Waals surface area contributed by atoms with Crippen molar-refractivity contribution in [1.29, 1.82) is 0 Å². The lowest BCUT2D eigenvalue weighted by Gasteiger charge is -2.37. The molecule has 0 saturated heterocycles. The summed E-state index contributed by atoms with van der Waals surface area (Å²) in [5.74, 6) is 0.964. The molecule has 5 heteroatoms. The first-order chi connectivity index (χ1) is 12.5. The summed E-state index contributed by atoms with van der Waals surface area (Å²) in [6, 6.07) is 9.10. The molecule has 26 heavy (non-hydrogen) atoms. The zero-order valence-corrected chi connectivity index (χ0v) is 16.3. The molecule has 3 rings (SSSR count). The van der Waals surface area contributed by atoms with Gasteiger partial charge in [0.05, 0.1) is 0 Å². The lowest BCUT2D eigenvalue weighted by Crippen LogP contribution is -2.34. The van der Waals surface area contributed by atoms with Crippen molar-refractivity contribution in [2.75, 3.05) is 20.6 Å². The summed E-state index contributed by atoms with van der Waals surface area (Å²) in [5.41, 5.74) is 1.94. The Morgan fingerprint density at radius 3 is 2.46 bits per heavy atom. The smallest absolute Gasteiger partial charge is 0.252 e. The number of hydrogen-bond donors (Lipinski definition) is 1. The van der Waals surface area contributed by atoms with E-state index in [1.165, 1.54) is 5.56 Å². The third-order valence-corrected chi connectivity index (χ3v) is 6.12. The number of nitrogens with zero attached hydrogens (tertiary/aromatic N) is 1. The van der Waals surface area contributed by atoms with Gasteiger partial charge in [-0.1, -0.05) is 12.1 Å². The summed E-state index contributed by atoms with van der Waals surface area (Å²) in [6.07, 6.45) is 4.53. The Balaban J connectivity index is 1.53. The van der Waals surface area contributed by atoms with E-state index in [9.17, 15) is 9.18 Å². The fraction of sp³-hybridized carbons (Fsp3) is 0.476. The maximum absolute atomic E-state index is 13.2. The molecule has 1 aliphatic carbocycles. The van der Waals surface area contributed by atoms with Gasteiger partial charge in [0.1, 0.15) is 5.82 Å². The van der Waals surface area contributed by atoms with E-state index >= 15 is 0 Å². The number of thiophene rings is 1. The van der Waals surface area contributed by atoms with E-state index in [-0.39, 0.29) is 11.7 Å². The van der Waals surface area contributed by atoms with Gasteiger partial charge in [0, 0.05) is 23.5 Å². The normalized spacial score (nSPS) is 21.5. The third kappa shape index (κ3) is 4.71. The van der Waals surface area contributed by atoms with Crippen molar-refractivity contribution in [3.05, 3.63) is 58.0 Å². The van der Waals surface area contributed by atoms with Crippen LogP contribution in [0.2, 0.25) is 0 Å². The molecule has 1 N–H and O–H groups in total. The van der Waals surface area contributed by atoms with Crippen molar-refractivity contribution in [3.8, 4) is 0 Å². The highest BCUT2D eigenvalue weighted by Gasteiger charge is 2.30. The Morgan fingerprint density at radius 2 is 1.88 bits per heavy atom. The SMILES string of the molecule is CN(C)C(c1ccc(F)cc1)C1CCC(CNC(=O)c2ccsc2)CC1. The number of hydrogen-bond acceptors (Lipinski definition) is 3. The van der Waals surface area contributed by atoms with Gasteiger partial charge in [-0.25, -0.2) is 4.39 Å². The van der Waals surface area contributed by atoms with Crippen LogP contribution in [0.4, 0.5) is 4.39 Å². The molecule has 1 aromatic carbocycles. The van der Waals surface area contributed by atoms with Crippen LogP contribution in [-0.4, -0.2) is 31.4 Å². The van der Waals surface area contributed by atoms with Gasteiger partial charge in [0.2, 0.25) is 0 Å². The van der Waals surface area contributed by atoms with Crippen LogP contribution in [0.25, 0.3) is 0 Å². The lowest BCUT2D eigenvalue weighted by molar-refractivity contribution is 0.0935. The lowest BCUT2D eigenvalue weighted by atomic mass is 9.76. The maximum Gasteiger partial charge on any atom is 0.252 e. The number of carbonyl (C=O) groups excluding carboxylic acids is 1. The molecule has 1 aromatic heterocycles. The molecular formula is C21H27FN2OS. The van der Waals surface area contributed by atoms with Crippen LogP contribution in [0, 0.1) is 17.7 Å². The third-order valence-electron chi connectivity index (χ3n) is 5.44. The molecule has 1 saturated carbocycles. The average molecular weight is 375 g/mol. The van der Waals surface area contributed by atoms with Gasteiger partial charge in [-0.05, 0) is 80.8 Å². The van der Waals surface area contributed by atoms with E-state index in [4.69, 9.17) is 0 Å². The summed E-state index contributed by atoms with van der Waals surface area (Å²) >= 11 is 1.55. The number of halogens is 1. The van der Waals surface area contributed by atoms with Crippen LogP contribution in [0.15, 0.2) is 41.1 Å². The fourth-order valence-electron chi connectivity index (χ4n) is 4.09.